The average molecular weight is 335 g/mol. The highest BCUT2D eigenvalue weighted by Crippen LogP contribution is 2.32. The number of nitrogens with one attached hydrogen (secondary N) is 1. The molecule has 2 atom stereocenters. The lowest BCUT2D eigenvalue weighted by atomic mass is 9.97. The van der Waals surface area contributed by atoms with Crippen LogP contribution in [-0.2, 0) is 14.5 Å². The predicted molar refractivity (Wildman–Crippen MR) is 75.8 cm³/mol. The summed E-state index contributed by atoms with van der Waals surface area (Å²) in [5, 5.41) is 0. The van der Waals surface area contributed by atoms with Crippen LogP contribution in [0.15, 0.2) is 29.2 Å². The third-order valence-electron chi connectivity index (χ3n) is 3.68. The maximum Gasteiger partial charge on any atom is 0.483 e. The fraction of sp³-hybridized carbons (Fsp3) is 0.462. The molecule has 5 nitrogen and oxygen atoms in total. The Labute approximate surface area is 126 Å². The first kappa shape index (κ1) is 16.6. The lowest BCUT2D eigenvalue weighted by molar-refractivity contribution is -0.122. The Morgan fingerprint density at radius 1 is 1.32 bits per heavy atom. The zero-order chi connectivity index (χ0) is 16.5. The highest BCUT2D eigenvalue weighted by molar-refractivity contribution is 7.93. The van der Waals surface area contributed by atoms with Crippen LogP contribution >= 0.6 is 0 Å². The fourth-order valence-electron chi connectivity index (χ4n) is 2.43. The maximum atomic E-state index is 12.6. The molecule has 1 aliphatic heterocycles. The van der Waals surface area contributed by atoms with Crippen LogP contribution in [0.5, 0.6) is 0 Å². The van der Waals surface area contributed by atoms with Gasteiger partial charge in [-0.2, -0.15) is 13.2 Å². The van der Waals surface area contributed by atoms with Gasteiger partial charge in [0, 0.05) is 18.8 Å². The molecule has 0 aliphatic carbocycles. The lowest BCUT2D eigenvalue weighted by Gasteiger charge is -2.33. The zero-order valence-electron chi connectivity index (χ0n) is 11.6. The molecule has 3 N–H and O–H groups in total. The number of anilines is 1. The standard InChI is InChI=1S/C13H16F3N3O2S/c14-13(15,16)22(18,21)11-5-3-10(4-6-11)19-7-1-2-9(8-19)12(17)20/h3-6,9,18H,1-2,7-8H2,(H2,17,20)/t9-,22-/m1/s1. The quantitative estimate of drug-likeness (QED) is 0.888. The lowest BCUT2D eigenvalue weighted by Crippen LogP contribution is -2.41. The van der Waals surface area contributed by atoms with Crippen molar-refractivity contribution < 1.29 is 22.2 Å². The van der Waals surface area contributed by atoms with Gasteiger partial charge in [0.1, 0.15) is 0 Å². The van der Waals surface area contributed by atoms with E-state index in [1.165, 1.54) is 12.1 Å². The Morgan fingerprint density at radius 2 is 1.91 bits per heavy atom. The van der Waals surface area contributed by atoms with Crippen LogP contribution in [0, 0.1) is 10.7 Å². The van der Waals surface area contributed by atoms with E-state index >= 15 is 0 Å². The Kier molecular flexibility index (Phi) is 4.37. The van der Waals surface area contributed by atoms with E-state index in [9.17, 15) is 22.2 Å². The van der Waals surface area contributed by atoms with Crippen LogP contribution in [0.25, 0.3) is 0 Å². The Balaban J connectivity index is 2.21. The van der Waals surface area contributed by atoms with Crippen LogP contribution in [0.1, 0.15) is 12.8 Å². The molecule has 1 fully saturated rings. The van der Waals surface area contributed by atoms with E-state index in [0.717, 1.165) is 18.6 Å². The molecule has 122 valence electrons. The van der Waals surface area contributed by atoms with Gasteiger partial charge in [0.2, 0.25) is 5.91 Å². The van der Waals surface area contributed by atoms with E-state index in [1.54, 1.807) is 0 Å². The number of primary amides is 1. The van der Waals surface area contributed by atoms with Gasteiger partial charge in [-0.15, -0.1) is 0 Å². The van der Waals surface area contributed by atoms with E-state index in [1.807, 2.05) is 4.90 Å². The van der Waals surface area contributed by atoms with Gasteiger partial charge >= 0.3 is 5.51 Å². The molecule has 2 rings (SSSR count). The number of hydrogen-bond acceptors (Lipinski definition) is 4. The Hall–Kier alpha value is -1.77. The van der Waals surface area contributed by atoms with Crippen molar-refractivity contribution in [3.05, 3.63) is 24.3 Å². The SMILES string of the molecule is N=[S@@](=O)(c1ccc(N2CCC[C@@H](C(N)=O)C2)cc1)C(F)(F)F. The van der Waals surface area contributed by atoms with E-state index < -0.39 is 26.0 Å². The van der Waals surface area contributed by atoms with Crippen molar-refractivity contribution in [3.63, 3.8) is 0 Å². The molecule has 1 aromatic rings. The number of nitrogens with zero attached hydrogens (tertiary/aromatic N) is 1. The van der Waals surface area contributed by atoms with Crippen molar-refractivity contribution in [1.82, 2.24) is 0 Å². The first-order valence-electron chi connectivity index (χ1n) is 6.62. The second-order valence-electron chi connectivity index (χ2n) is 5.18. The van der Waals surface area contributed by atoms with Crippen molar-refractivity contribution >= 4 is 21.3 Å². The minimum Gasteiger partial charge on any atom is -0.371 e. The summed E-state index contributed by atoms with van der Waals surface area (Å²) in [4.78, 5) is 12.5. The molecule has 0 radical (unpaired) electrons. The molecular formula is C13H16F3N3O2S. The molecule has 0 saturated carbocycles. The van der Waals surface area contributed by atoms with Gasteiger partial charge in [-0.05, 0) is 37.1 Å². The van der Waals surface area contributed by atoms with Gasteiger partial charge in [0.15, 0.2) is 9.73 Å². The number of benzene rings is 1. The van der Waals surface area contributed by atoms with Gasteiger partial charge in [-0.25, -0.2) is 8.99 Å². The van der Waals surface area contributed by atoms with Gasteiger partial charge in [-0.3, -0.25) is 4.79 Å². The Morgan fingerprint density at radius 3 is 2.41 bits per heavy atom. The molecule has 1 saturated heterocycles. The largest absolute Gasteiger partial charge is 0.483 e. The summed E-state index contributed by atoms with van der Waals surface area (Å²) in [7, 11) is -4.84. The number of halogens is 3. The second-order valence-corrected chi connectivity index (χ2v) is 7.23. The molecule has 1 aromatic carbocycles. The van der Waals surface area contributed by atoms with Gasteiger partial charge in [0.05, 0.1) is 10.8 Å². The topological polar surface area (TPSA) is 87.2 Å². The van der Waals surface area contributed by atoms with Crippen LogP contribution < -0.4 is 10.6 Å². The number of alkyl halides is 3. The predicted octanol–water partition coefficient (Wildman–Crippen LogP) is 2.31. The van der Waals surface area contributed by atoms with Crippen LogP contribution in [0.3, 0.4) is 0 Å². The molecular weight excluding hydrogens is 319 g/mol. The number of rotatable bonds is 3. The molecule has 9 heteroatoms. The minimum atomic E-state index is -5.10. The smallest absolute Gasteiger partial charge is 0.371 e. The number of nitrogens with two attached hydrogens (primary N) is 1. The maximum absolute atomic E-state index is 12.6. The van der Waals surface area contributed by atoms with Gasteiger partial charge in [-0.1, -0.05) is 0 Å². The highest BCUT2D eigenvalue weighted by atomic mass is 32.2. The highest BCUT2D eigenvalue weighted by Gasteiger charge is 2.43. The molecule has 0 unspecified atom stereocenters. The van der Waals surface area contributed by atoms with Crippen molar-refractivity contribution in [2.75, 3.05) is 18.0 Å². The second kappa shape index (κ2) is 5.79. The number of amides is 1. The number of carbonyl (C=O) groups excluding carboxylic acids is 1. The summed E-state index contributed by atoms with van der Waals surface area (Å²) >= 11 is 0. The van der Waals surface area contributed by atoms with Crippen LogP contribution in [-0.4, -0.2) is 28.7 Å². The van der Waals surface area contributed by atoms with E-state index in [2.05, 4.69) is 0 Å². The molecule has 22 heavy (non-hydrogen) atoms. The number of carbonyl (C=O) groups is 1. The molecule has 1 amide bonds. The van der Waals surface area contributed by atoms with E-state index in [-0.39, 0.29) is 5.92 Å². The summed E-state index contributed by atoms with van der Waals surface area (Å²) in [5.41, 5.74) is 0.800. The third kappa shape index (κ3) is 3.18. The normalized spacial score (nSPS) is 22.1. The monoisotopic (exact) mass is 335 g/mol. The van der Waals surface area contributed by atoms with E-state index in [4.69, 9.17) is 10.5 Å². The first-order chi connectivity index (χ1) is 10.1. The third-order valence-corrected chi connectivity index (χ3v) is 5.27. The van der Waals surface area contributed by atoms with Crippen molar-refractivity contribution in [3.8, 4) is 0 Å². The summed E-state index contributed by atoms with van der Waals surface area (Å²) in [6.45, 7) is 1.07. The van der Waals surface area contributed by atoms with Gasteiger partial charge < -0.3 is 10.6 Å². The van der Waals surface area contributed by atoms with E-state index in [0.29, 0.717) is 25.2 Å². The summed E-state index contributed by atoms with van der Waals surface area (Å²) in [5.74, 6) is -0.684. The first-order valence-corrected chi connectivity index (χ1v) is 8.18. The minimum absolute atomic E-state index is 0.288. The molecule has 0 spiro atoms. The zero-order valence-corrected chi connectivity index (χ0v) is 12.4. The number of hydrogen-bond donors (Lipinski definition) is 2. The summed E-state index contributed by atoms with van der Waals surface area (Å²) in [6, 6.07) is 4.87. The number of piperidine rings is 1. The van der Waals surface area contributed by atoms with Crippen molar-refractivity contribution in [2.45, 2.75) is 23.2 Å². The molecule has 0 bridgehead atoms. The van der Waals surface area contributed by atoms with Crippen molar-refractivity contribution in [1.29, 1.82) is 4.78 Å². The van der Waals surface area contributed by atoms with Gasteiger partial charge in [0.25, 0.3) is 0 Å². The van der Waals surface area contributed by atoms with Crippen LogP contribution in [0.2, 0.25) is 0 Å². The summed E-state index contributed by atoms with van der Waals surface area (Å²) < 4.78 is 56.3. The Bertz CT molecular complexity index is 656. The fourth-order valence-corrected chi connectivity index (χ4v) is 3.21. The average Bonchev–Trinajstić information content (AvgIpc) is 2.46. The van der Waals surface area contributed by atoms with Crippen LogP contribution in [0.4, 0.5) is 18.9 Å². The molecule has 0 aromatic heterocycles. The molecule has 1 heterocycles. The van der Waals surface area contributed by atoms with Crippen molar-refractivity contribution in [2.24, 2.45) is 11.7 Å². The summed E-state index contributed by atoms with van der Waals surface area (Å²) in [6.07, 6.45) is 1.45. The molecule has 1 aliphatic rings.